The molecule has 0 aromatic rings. The van der Waals surface area contributed by atoms with Crippen molar-refractivity contribution in [2.75, 3.05) is 41.4 Å². The van der Waals surface area contributed by atoms with Gasteiger partial charge in [0, 0.05) is 37.7 Å². The van der Waals surface area contributed by atoms with Crippen molar-refractivity contribution in [3.63, 3.8) is 0 Å². The molecular formula is C13H22N2O4S. The van der Waals surface area contributed by atoms with Crippen LogP contribution in [0.5, 0.6) is 0 Å². The first kappa shape index (κ1) is 16.9. The van der Waals surface area contributed by atoms with Crippen LogP contribution >= 0.6 is 0 Å². The molecule has 0 heterocycles. The van der Waals surface area contributed by atoms with Gasteiger partial charge in [0.15, 0.2) is 0 Å². The van der Waals surface area contributed by atoms with Gasteiger partial charge in [-0.25, -0.2) is 8.51 Å². The van der Waals surface area contributed by atoms with E-state index in [2.05, 4.69) is 0 Å². The molecule has 7 heteroatoms. The monoisotopic (exact) mass is 302 g/mol. The summed E-state index contributed by atoms with van der Waals surface area (Å²) < 4.78 is 18.6. The van der Waals surface area contributed by atoms with Gasteiger partial charge < -0.3 is 14.7 Å². The Balaban J connectivity index is 2.95. The van der Waals surface area contributed by atoms with Gasteiger partial charge in [0.25, 0.3) is 0 Å². The number of methoxy groups -OCH3 is 1. The molecule has 0 amide bonds. The van der Waals surface area contributed by atoms with Crippen molar-refractivity contribution in [1.29, 1.82) is 0 Å². The quantitative estimate of drug-likeness (QED) is 0.748. The van der Waals surface area contributed by atoms with Gasteiger partial charge in [-0.05, 0) is 26.2 Å². The van der Waals surface area contributed by atoms with Crippen LogP contribution in [0.3, 0.4) is 0 Å². The number of aliphatic carboxylic acids is 1. The Kier molecular flexibility index (Phi) is 6.38. The zero-order valence-corrected chi connectivity index (χ0v) is 13.1. The second-order valence-corrected chi connectivity index (χ2v) is 6.55. The third-order valence-corrected chi connectivity index (χ3v) is 4.54. The van der Waals surface area contributed by atoms with E-state index in [1.165, 1.54) is 0 Å². The van der Waals surface area contributed by atoms with Gasteiger partial charge in [0.1, 0.15) is 16.9 Å². The molecule has 1 aliphatic rings. The van der Waals surface area contributed by atoms with Crippen LogP contribution in [0.15, 0.2) is 22.8 Å². The number of carboxylic acids is 1. The average Bonchev–Trinajstić information content (AvgIpc) is 2.42. The molecule has 0 spiro atoms. The number of ether oxygens (including phenoxy) is 1. The molecule has 1 aliphatic carbocycles. The summed E-state index contributed by atoms with van der Waals surface area (Å²) in [7, 11) is 5.57. The molecule has 0 aromatic carbocycles. The summed E-state index contributed by atoms with van der Waals surface area (Å²) >= 11 is 0. The molecule has 0 bridgehead atoms. The van der Waals surface area contributed by atoms with Crippen LogP contribution in [0.2, 0.25) is 0 Å². The highest BCUT2D eigenvalue weighted by Gasteiger charge is 2.30. The fourth-order valence-electron chi connectivity index (χ4n) is 2.00. The van der Waals surface area contributed by atoms with Crippen LogP contribution in [-0.4, -0.2) is 65.9 Å². The number of likely N-dealkylation sites (N-methyl/N-ethyl adjacent to an activating group) is 1. The van der Waals surface area contributed by atoms with Crippen molar-refractivity contribution in [3.8, 4) is 0 Å². The average molecular weight is 302 g/mol. The number of rotatable bonds is 7. The van der Waals surface area contributed by atoms with Gasteiger partial charge in [0.05, 0.1) is 6.61 Å². The maximum absolute atomic E-state index is 12.0. The third-order valence-electron chi connectivity index (χ3n) is 3.13. The lowest BCUT2D eigenvalue weighted by atomic mass is 9.96. The lowest BCUT2D eigenvalue weighted by molar-refractivity contribution is -0.140. The molecule has 0 saturated carbocycles. The summed E-state index contributed by atoms with van der Waals surface area (Å²) in [5.41, 5.74) is 0.717. The molecule has 1 N–H and O–H groups in total. The number of allylic oxidation sites excluding steroid dienone is 3. The van der Waals surface area contributed by atoms with Gasteiger partial charge in [0.2, 0.25) is 0 Å². The zero-order valence-electron chi connectivity index (χ0n) is 12.3. The van der Waals surface area contributed by atoms with E-state index in [1.807, 2.05) is 11.9 Å². The third kappa shape index (κ3) is 4.16. The maximum atomic E-state index is 12.0. The van der Waals surface area contributed by atoms with Crippen LogP contribution < -0.4 is 0 Å². The predicted octanol–water partition coefficient (Wildman–Crippen LogP) is 0.662. The minimum absolute atomic E-state index is 0.267. The molecular weight excluding hydrogens is 280 g/mol. The number of nitrogens with zero attached hydrogens (tertiary/aromatic N) is 2. The second-order valence-electron chi connectivity index (χ2n) is 4.80. The highest BCUT2D eigenvalue weighted by molar-refractivity contribution is 7.86. The van der Waals surface area contributed by atoms with Gasteiger partial charge >= 0.3 is 5.97 Å². The summed E-state index contributed by atoms with van der Waals surface area (Å²) in [6.07, 6.45) is 3.77. The topological polar surface area (TPSA) is 70.1 Å². The second kappa shape index (κ2) is 7.56. The molecule has 0 aliphatic heterocycles. The first-order valence-electron chi connectivity index (χ1n) is 6.31. The normalized spacial score (nSPS) is 20.4. The van der Waals surface area contributed by atoms with Crippen LogP contribution in [0.1, 0.15) is 6.42 Å². The lowest BCUT2D eigenvalue weighted by Gasteiger charge is -2.30. The van der Waals surface area contributed by atoms with Crippen molar-refractivity contribution >= 4 is 17.0 Å². The highest BCUT2D eigenvalue weighted by atomic mass is 32.2. The van der Waals surface area contributed by atoms with Crippen molar-refractivity contribution < 1.29 is 18.8 Å². The molecule has 1 unspecified atom stereocenters. The standard InChI is InChI=1S/C13H22N2O4S/c1-14(2)20(18)10-5-6-12(11(9-10)13(16)17)15(3)7-8-19-4/h5-6,11H,7-9H2,1-4H3,(H,16,17)/t11-,20?/m1/s1. The zero-order chi connectivity index (χ0) is 15.3. The first-order valence-corrected chi connectivity index (χ1v) is 7.42. The van der Waals surface area contributed by atoms with Crippen LogP contribution in [-0.2, 0) is 20.5 Å². The SMILES string of the molecule is COCCN(C)C1=CC=C(S(=O)N(C)C)C[C@H]1C(=O)O. The summed E-state index contributed by atoms with van der Waals surface area (Å²) in [6, 6.07) is 0. The van der Waals surface area contributed by atoms with Gasteiger partial charge in [-0.15, -0.1) is 0 Å². The Hall–Kier alpha value is -1.18. The molecule has 6 nitrogen and oxygen atoms in total. The predicted molar refractivity (Wildman–Crippen MR) is 78.2 cm³/mol. The van der Waals surface area contributed by atoms with E-state index in [-0.39, 0.29) is 6.42 Å². The summed E-state index contributed by atoms with van der Waals surface area (Å²) in [6.45, 7) is 1.15. The number of hydrogen-bond donors (Lipinski definition) is 1. The van der Waals surface area contributed by atoms with Crippen molar-refractivity contribution in [3.05, 3.63) is 22.8 Å². The van der Waals surface area contributed by atoms with Crippen LogP contribution in [0.4, 0.5) is 0 Å². The molecule has 0 aromatic heterocycles. The smallest absolute Gasteiger partial charge is 0.312 e. The van der Waals surface area contributed by atoms with E-state index in [0.29, 0.717) is 23.8 Å². The Labute approximate surface area is 122 Å². The highest BCUT2D eigenvalue weighted by Crippen LogP contribution is 2.29. The molecule has 114 valence electrons. The molecule has 1 rings (SSSR count). The van der Waals surface area contributed by atoms with E-state index in [0.717, 1.165) is 0 Å². The lowest BCUT2D eigenvalue weighted by Crippen LogP contribution is -2.33. The first-order chi connectivity index (χ1) is 9.38. The number of carbonyl (C=O) groups is 1. The Bertz CT molecular complexity index is 446. The maximum Gasteiger partial charge on any atom is 0.312 e. The van der Waals surface area contributed by atoms with E-state index < -0.39 is 22.9 Å². The van der Waals surface area contributed by atoms with E-state index in [9.17, 15) is 14.1 Å². The summed E-state index contributed by atoms with van der Waals surface area (Å²) in [4.78, 5) is 13.9. The Morgan fingerprint density at radius 3 is 2.60 bits per heavy atom. The summed E-state index contributed by atoms with van der Waals surface area (Å²) in [5.74, 6) is -1.57. The Morgan fingerprint density at radius 1 is 1.45 bits per heavy atom. The van der Waals surface area contributed by atoms with E-state index >= 15 is 0 Å². The molecule has 2 atom stereocenters. The largest absolute Gasteiger partial charge is 0.481 e. The van der Waals surface area contributed by atoms with E-state index in [4.69, 9.17) is 4.74 Å². The molecule has 0 fully saturated rings. The minimum Gasteiger partial charge on any atom is -0.481 e. The van der Waals surface area contributed by atoms with Crippen LogP contribution in [0.25, 0.3) is 0 Å². The number of carboxylic acid groups (broad SMARTS) is 1. The molecule has 20 heavy (non-hydrogen) atoms. The van der Waals surface area contributed by atoms with Crippen molar-refractivity contribution in [2.45, 2.75) is 6.42 Å². The fraction of sp³-hybridized carbons (Fsp3) is 0.615. The van der Waals surface area contributed by atoms with Crippen molar-refractivity contribution in [2.24, 2.45) is 5.92 Å². The number of hydrogen-bond acceptors (Lipinski definition) is 4. The van der Waals surface area contributed by atoms with Gasteiger partial charge in [-0.3, -0.25) is 4.79 Å². The van der Waals surface area contributed by atoms with Gasteiger partial charge in [-0.2, -0.15) is 0 Å². The van der Waals surface area contributed by atoms with Crippen LogP contribution in [0, 0.1) is 5.92 Å². The molecule has 0 radical (unpaired) electrons. The minimum atomic E-state index is -1.29. The fourth-order valence-corrected chi connectivity index (χ4v) is 2.96. The Morgan fingerprint density at radius 2 is 2.10 bits per heavy atom. The van der Waals surface area contributed by atoms with Crippen molar-refractivity contribution in [1.82, 2.24) is 9.21 Å². The van der Waals surface area contributed by atoms with Gasteiger partial charge in [-0.1, -0.05) is 0 Å². The molecule has 0 saturated heterocycles. The summed E-state index contributed by atoms with van der Waals surface area (Å²) in [5, 5.41) is 9.38. The van der Waals surface area contributed by atoms with E-state index in [1.54, 1.807) is 37.7 Å².